The van der Waals surface area contributed by atoms with Crippen LogP contribution in [-0.2, 0) is 6.54 Å². The molecule has 2 fully saturated rings. The predicted molar refractivity (Wildman–Crippen MR) is 128 cm³/mol. The number of nitrogens with zero attached hydrogens (tertiary/aromatic N) is 3. The van der Waals surface area contributed by atoms with Gasteiger partial charge in [-0.25, -0.2) is 0 Å². The predicted octanol–water partition coefficient (Wildman–Crippen LogP) is 4.64. The average Bonchev–Trinajstić information content (AvgIpc) is 3.19. The first-order chi connectivity index (χ1) is 16.2. The number of rotatable bonds is 7. The number of pyridine rings is 1. The molecule has 2 aliphatic heterocycles. The number of carbonyl (C=O) groups is 1. The van der Waals surface area contributed by atoms with E-state index in [9.17, 15) is 4.79 Å². The van der Waals surface area contributed by atoms with E-state index in [0.717, 1.165) is 28.8 Å². The normalized spacial score (nSPS) is 20.2. The first-order valence-corrected chi connectivity index (χ1v) is 12.5. The average molecular weight is 450 g/mol. The van der Waals surface area contributed by atoms with E-state index < -0.39 is 0 Å². The summed E-state index contributed by atoms with van der Waals surface area (Å²) < 4.78 is 11.0. The number of piperidine rings is 1. The number of hydrogen-bond donors (Lipinski definition) is 0. The van der Waals surface area contributed by atoms with Gasteiger partial charge in [0.1, 0.15) is 18.1 Å². The van der Waals surface area contributed by atoms with Crippen LogP contribution in [0.1, 0.15) is 72.6 Å². The zero-order chi connectivity index (χ0) is 22.6. The van der Waals surface area contributed by atoms with Gasteiger partial charge in [0, 0.05) is 17.7 Å². The van der Waals surface area contributed by atoms with Crippen molar-refractivity contribution in [1.29, 1.82) is 0 Å². The fourth-order valence-electron chi connectivity index (χ4n) is 5.62. The quantitative estimate of drug-likeness (QED) is 0.617. The lowest BCUT2D eigenvalue weighted by Gasteiger charge is -2.39. The summed E-state index contributed by atoms with van der Waals surface area (Å²) in [7, 11) is 1.65. The maximum atomic E-state index is 12.8. The standard InChI is InChI=1S/C27H35N3O3/c1-32-22-7-9-23(10-8-22)33-18-17-30-19-26-24(27(30)31)11-12-25(28-26)20-13-15-29(16-14-20)21-5-3-2-4-6-21/h7-12,20-21H,2-6,13-19H2,1H3. The van der Waals surface area contributed by atoms with Gasteiger partial charge in [0.2, 0.25) is 0 Å². The van der Waals surface area contributed by atoms with Crippen molar-refractivity contribution in [2.45, 2.75) is 63.5 Å². The molecule has 3 aliphatic rings. The molecule has 3 heterocycles. The molecule has 0 bridgehead atoms. The van der Waals surface area contributed by atoms with E-state index >= 15 is 0 Å². The summed E-state index contributed by atoms with van der Waals surface area (Å²) in [6, 6.07) is 12.4. The zero-order valence-corrected chi connectivity index (χ0v) is 19.7. The molecule has 0 N–H and O–H groups in total. The Hall–Kier alpha value is -2.60. The maximum absolute atomic E-state index is 12.8. The number of hydrogen-bond acceptors (Lipinski definition) is 5. The molecule has 0 unspecified atom stereocenters. The number of aromatic nitrogens is 1. The lowest BCUT2D eigenvalue weighted by molar-refractivity contribution is 0.0753. The molecular weight excluding hydrogens is 414 g/mol. The van der Waals surface area contributed by atoms with Crippen molar-refractivity contribution >= 4 is 5.91 Å². The fourth-order valence-corrected chi connectivity index (χ4v) is 5.62. The zero-order valence-electron chi connectivity index (χ0n) is 19.7. The highest BCUT2D eigenvalue weighted by atomic mass is 16.5. The van der Waals surface area contributed by atoms with Crippen LogP contribution in [0.4, 0.5) is 0 Å². The highest BCUT2D eigenvalue weighted by molar-refractivity contribution is 5.97. The van der Waals surface area contributed by atoms with Crippen LogP contribution < -0.4 is 9.47 Å². The second-order valence-electron chi connectivity index (χ2n) is 9.58. The first kappa shape index (κ1) is 22.2. The van der Waals surface area contributed by atoms with Gasteiger partial charge in [-0.3, -0.25) is 9.78 Å². The second-order valence-corrected chi connectivity index (χ2v) is 9.58. The van der Waals surface area contributed by atoms with Crippen molar-refractivity contribution < 1.29 is 14.3 Å². The molecule has 1 saturated carbocycles. The third-order valence-corrected chi connectivity index (χ3v) is 7.58. The van der Waals surface area contributed by atoms with E-state index in [1.807, 2.05) is 35.2 Å². The molecule has 6 heteroatoms. The van der Waals surface area contributed by atoms with Crippen molar-refractivity contribution in [3.05, 3.63) is 53.3 Å². The van der Waals surface area contributed by atoms with E-state index in [-0.39, 0.29) is 5.91 Å². The van der Waals surface area contributed by atoms with Gasteiger partial charge in [0.05, 0.1) is 31.5 Å². The molecular formula is C27H35N3O3. The van der Waals surface area contributed by atoms with Crippen LogP contribution in [0.15, 0.2) is 36.4 Å². The largest absolute Gasteiger partial charge is 0.497 e. The Morgan fingerprint density at radius 3 is 2.39 bits per heavy atom. The summed E-state index contributed by atoms with van der Waals surface area (Å²) in [5, 5.41) is 0. The molecule has 2 aromatic rings. The summed E-state index contributed by atoms with van der Waals surface area (Å²) in [6.45, 7) is 3.95. The lowest BCUT2D eigenvalue weighted by Crippen LogP contribution is -2.42. The second kappa shape index (κ2) is 10.1. The van der Waals surface area contributed by atoms with Gasteiger partial charge in [-0.15, -0.1) is 0 Å². The Kier molecular flexibility index (Phi) is 6.81. The van der Waals surface area contributed by atoms with E-state index in [1.165, 1.54) is 63.7 Å². The molecule has 33 heavy (non-hydrogen) atoms. The highest BCUT2D eigenvalue weighted by Gasteiger charge is 2.31. The van der Waals surface area contributed by atoms with Crippen molar-refractivity contribution in [1.82, 2.24) is 14.8 Å². The van der Waals surface area contributed by atoms with E-state index in [0.29, 0.717) is 25.6 Å². The number of likely N-dealkylation sites (tertiary alicyclic amines) is 1. The summed E-state index contributed by atoms with van der Waals surface area (Å²) >= 11 is 0. The van der Waals surface area contributed by atoms with Crippen molar-refractivity contribution in [3.63, 3.8) is 0 Å². The summed E-state index contributed by atoms with van der Waals surface area (Å²) in [6.07, 6.45) is 9.31. The molecule has 0 spiro atoms. The Morgan fingerprint density at radius 1 is 0.939 bits per heavy atom. The van der Waals surface area contributed by atoms with Gasteiger partial charge >= 0.3 is 0 Å². The minimum Gasteiger partial charge on any atom is -0.497 e. The minimum absolute atomic E-state index is 0.0644. The minimum atomic E-state index is 0.0644. The summed E-state index contributed by atoms with van der Waals surface area (Å²) in [4.78, 5) is 22.4. The van der Waals surface area contributed by atoms with Gasteiger partial charge in [0.15, 0.2) is 0 Å². The van der Waals surface area contributed by atoms with Gasteiger partial charge in [-0.1, -0.05) is 19.3 Å². The maximum Gasteiger partial charge on any atom is 0.256 e. The highest BCUT2D eigenvalue weighted by Crippen LogP contribution is 2.32. The van der Waals surface area contributed by atoms with Crippen LogP contribution in [0.25, 0.3) is 0 Å². The molecule has 1 amide bonds. The molecule has 1 aromatic heterocycles. The van der Waals surface area contributed by atoms with Gasteiger partial charge in [0.25, 0.3) is 5.91 Å². The van der Waals surface area contributed by atoms with Gasteiger partial charge in [-0.2, -0.15) is 0 Å². The molecule has 6 nitrogen and oxygen atoms in total. The van der Waals surface area contributed by atoms with E-state index in [4.69, 9.17) is 14.5 Å². The third kappa shape index (κ3) is 5.01. The SMILES string of the molecule is COc1ccc(OCCN2Cc3nc(C4CCN(C5CCCCC5)CC4)ccc3C2=O)cc1. The number of methoxy groups -OCH3 is 1. The van der Waals surface area contributed by atoms with Gasteiger partial charge in [-0.05, 0) is 75.2 Å². The summed E-state index contributed by atoms with van der Waals surface area (Å²) in [5.41, 5.74) is 2.85. The van der Waals surface area contributed by atoms with Crippen LogP contribution >= 0.6 is 0 Å². The number of fused-ring (bicyclic) bond motifs is 1. The number of benzene rings is 1. The van der Waals surface area contributed by atoms with Crippen LogP contribution in [0.5, 0.6) is 11.5 Å². The lowest BCUT2D eigenvalue weighted by atomic mass is 9.88. The van der Waals surface area contributed by atoms with Crippen molar-refractivity contribution in [2.75, 3.05) is 33.4 Å². The van der Waals surface area contributed by atoms with Crippen LogP contribution in [0, 0.1) is 0 Å². The van der Waals surface area contributed by atoms with E-state index in [2.05, 4.69) is 11.0 Å². The molecule has 1 aromatic carbocycles. The molecule has 1 aliphatic carbocycles. The Bertz CT molecular complexity index is 948. The summed E-state index contributed by atoms with van der Waals surface area (Å²) in [5.74, 6) is 2.15. The van der Waals surface area contributed by atoms with Crippen LogP contribution in [-0.4, -0.2) is 60.1 Å². The molecule has 1 saturated heterocycles. The Balaban J connectivity index is 1.14. The fraction of sp³-hybridized carbons (Fsp3) is 0.556. The van der Waals surface area contributed by atoms with Crippen molar-refractivity contribution in [2.24, 2.45) is 0 Å². The first-order valence-electron chi connectivity index (χ1n) is 12.5. The Morgan fingerprint density at radius 2 is 1.67 bits per heavy atom. The molecule has 176 valence electrons. The number of ether oxygens (including phenoxy) is 2. The van der Waals surface area contributed by atoms with E-state index in [1.54, 1.807) is 7.11 Å². The smallest absolute Gasteiger partial charge is 0.256 e. The van der Waals surface area contributed by atoms with Gasteiger partial charge < -0.3 is 19.3 Å². The Labute approximate surface area is 196 Å². The number of amides is 1. The third-order valence-electron chi connectivity index (χ3n) is 7.58. The number of carbonyl (C=O) groups excluding carboxylic acids is 1. The monoisotopic (exact) mass is 449 g/mol. The topological polar surface area (TPSA) is 54.9 Å². The molecule has 0 atom stereocenters. The van der Waals surface area contributed by atoms with Crippen LogP contribution in [0.2, 0.25) is 0 Å². The van der Waals surface area contributed by atoms with Crippen LogP contribution in [0.3, 0.4) is 0 Å². The van der Waals surface area contributed by atoms with Crippen molar-refractivity contribution in [3.8, 4) is 11.5 Å². The molecule has 0 radical (unpaired) electrons. The molecule has 5 rings (SSSR count).